The second kappa shape index (κ2) is 7.07. The molecule has 1 saturated heterocycles. The highest BCUT2D eigenvalue weighted by molar-refractivity contribution is 5.76. The van der Waals surface area contributed by atoms with Gasteiger partial charge in [0.1, 0.15) is 11.9 Å². The van der Waals surface area contributed by atoms with Gasteiger partial charge in [0.05, 0.1) is 17.6 Å². The average molecular weight is 319 g/mol. The Labute approximate surface area is 135 Å². The highest BCUT2D eigenvalue weighted by Gasteiger charge is 2.35. The summed E-state index contributed by atoms with van der Waals surface area (Å²) in [7, 11) is 3.35. The number of likely N-dealkylation sites (tertiary alicyclic amines) is 1. The van der Waals surface area contributed by atoms with E-state index in [1.165, 1.54) is 17.0 Å². The molecule has 1 aliphatic rings. The number of nitriles is 1. The number of carbonyl (C=O) groups excluding carboxylic acids is 1. The third-order valence-electron chi connectivity index (χ3n) is 4.17. The minimum absolute atomic E-state index is 0.0255. The molecular weight excluding hydrogens is 297 g/mol. The van der Waals surface area contributed by atoms with E-state index in [1.54, 1.807) is 20.2 Å². The monoisotopic (exact) mass is 319 g/mol. The van der Waals surface area contributed by atoms with E-state index in [2.05, 4.69) is 0 Å². The zero-order valence-corrected chi connectivity index (χ0v) is 13.5. The predicted molar refractivity (Wildman–Crippen MR) is 83.9 cm³/mol. The van der Waals surface area contributed by atoms with E-state index in [-0.39, 0.29) is 17.9 Å². The van der Waals surface area contributed by atoms with E-state index in [0.29, 0.717) is 19.5 Å². The number of hydrogen-bond acceptors (Lipinski definition) is 4. The van der Waals surface area contributed by atoms with Gasteiger partial charge in [-0.3, -0.25) is 9.69 Å². The van der Waals surface area contributed by atoms with E-state index in [4.69, 9.17) is 5.26 Å². The fourth-order valence-corrected chi connectivity index (χ4v) is 2.94. The standard InChI is InChI=1S/C17H22FN3O2/c1-20(2)16(22)9-17(23)6-3-7-21(12-17)11-13-4-5-15(18)14(8-13)10-19/h4-5,8,23H,3,6-7,9,11-12H2,1-2H3. The molecule has 0 saturated carbocycles. The summed E-state index contributed by atoms with van der Waals surface area (Å²) in [5, 5.41) is 19.6. The first-order chi connectivity index (χ1) is 10.8. The average Bonchev–Trinajstić information content (AvgIpc) is 2.48. The largest absolute Gasteiger partial charge is 0.388 e. The van der Waals surface area contributed by atoms with Crippen molar-refractivity contribution in [2.45, 2.75) is 31.4 Å². The molecular formula is C17H22FN3O2. The van der Waals surface area contributed by atoms with Crippen LogP contribution in [0.25, 0.3) is 0 Å². The number of halogens is 1. The molecule has 23 heavy (non-hydrogen) atoms. The molecule has 124 valence electrons. The quantitative estimate of drug-likeness (QED) is 0.913. The van der Waals surface area contributed by atoms with Crippen LogP contribution in [-0.2, 0) is 11.3 Å². The van der Waals surface area contributed by atoms with Crippen molar-refractivity contribution in [2.24, 2.45) is 0 Å². The maximum atomic E-state index is 13.4. The van der Waals surface area contributed by atoms with Crippen molar-refractivity contribution in [1.29, 1.82) is 5.26 Å². The van der Waals surface area contributed by atoms with E-state index in [9.17, 15) is 14.3 Å². The summed E-state index contributed by atoms with van der Waals surface area (Å²) in [5.41, 5.74) is -0.179. The van der Waals surface area contributed by atoms with Gasteiger partial charge in [-0.25, -0.2) is 4.39 Å². The highest BCUT2D eigenvalue weighted by Crippen LogP contribution is 2.26. The van der Waals surface area contributed by atoms with Crippen LogP contribution < -0.4 is 0 Å². The Balaban J connectivity index is 2.04. The second-order valence-electron chi connectivity index (χ2n) is 6.43. The summed E-state index contributed by atoms with van der Waals surface area (Å²) in [6.07, 6.45) is 1.49. The smallest absolute Gasteiger partial charge is 0.224 e. The van der Waals surface area contributed by atoms with Gasteiger partial charge >= 0.3 is 0 Å². The second-order valence-corrected chi connectivity index (χ2v) is 6.43. The molecule has 6 heteroatoms. The Hall–Kier alpha value is -1.97. The molecule has 2 rings (SSSR count). The van der Waals surface area contributed by atoms with Crippen molar-refractivity contribution < 1.29 is 14.3 Å². The van der Waals surface area contributed by atoms with Gasteiger partial charge in [-0.2, -0.15) is 5.26 Å². The molecule has 1 aromatic rings. The SMILES string of the molecule is CN(C)C(=O)CC1(O)CCCN(Cc2ccc(F)c(C#N)c2)C1. The van der Waals surface area contributed by atoms with Crippen LogP contribution in [0, 0.1) is 17.1 Å². The van der Waals surface area contributed by atoms with E-state index >= 15 is 0 Å². The molecule has 1 amide bonds. The molecule has 1 atom stereocenters. The van der Waals surface area contributed by atoms with Crippen molar-refractivity contribution in [1.82, 2.24) is 9.80 Å². The van der Waals surface area contributed by atoms with Crippen molar-refractivity contribution in [2.75, 3.05) is 27.2 Å². The summed E-state index contributed by atoms with van der Waals surface area (Å²) in [6.45, 7) is 1.72. The minimum Gasteiger partial charge on any atom is -0.388 e. The van der Waals surface area contributed by atoms with Crippen LogP contribution in [0.5, 0.6) is 0 Å². The molecule has 1 heterocycles. The van der Waals surface area contributed by atoms with Gasteiger partial charge in [-0.05, 0) is 37.1 Å². The predicted octanol–water partition coefficient (Wildman–Crippen LogP) is 1.50. The zero-order chi connectivity index (χ0) is 17.0. The Kier molecular flexibility index (Phi) is 5.34. The number of carbonyl (C=O) groups is 1. The number of amides is 1. The molecule has 0 radical (unpaired) electrons. The molecule has 1 unspecified atom stereocenters. The molecule has 0 bridgehead atoms. The fraction of sp³-hybridized carbons (Fsp3) is 0.529. The first-order valence-corrected chi connectivity index (χ1v) is 7.66. The van der Waals surface area contributed by atoms with E-state index in [0.717, 1.165) is 18.5 Å². The molecule has 1 N–H and O–H groups in total. The van der Waals surface area contributed by atoms with Crippen LogP contribution >= 0.6 is 0 Å². The molecule has 0 aliphatic carbocycles. The zero-order valence-electron chi connectivity index (χ0n) is 13.5. The van der Waals surface area contributed by atoms with Crippen molar-refractivity contribution in [3.63, 3.8) is 0 Å². The lowest BCUT2D eigenvalue weighted by molar-refractivity contribution is -0.136. The summed E-state index contributed by atoms with van der Waals surface area (Å²) in [4.78, 5) is 15.4. The lowest BCUT2D eigenvalue weighted by Gasteiger charge is -2.39. The third-order valence-corrected chi connectivity index (χ3v) is 4.17. The Morgan fingerprint density at radius 1 is 1.52 bits per heavy atom. The van der Waals surface area contributed by atoms with Gasteiger partial charge < -0.3 is 10.0 Å². The maximum absolute atomic E-state index is 13.4. The fourth-order valence-electron chi connectivity index (χ4n) is 2.94. The minimum atomic E-state index is -1.03. The molecule has 0 aromatic heterocycles. The maximum Gasteiger partial charge on any atom is 0.224 e. The summed E-state index contributed by atoms with van der Waals surface area (Å²) in [5.74, 6) is -0.620. The normalized spacial score (nSPS) is 21.7. The Bertz CT molecular complexity index is 627. The summed E-state index contributed by atoms with van der Waals surface area (Å²) >= 11 is 0. The Morgan fingerprint density at radius 2 is 2.26 bits per heavy atom. The van der Waals surface area contributed by atoms with Crippen molar-refractivity contribution in [3.05, 3.63) is 35.1 Å². The van der Waals surface area contributed by atoms with Crippen LogP contribution in [-0.4, -0.2) is 53.6 Å². The molecule has 1 aromatic carbocycles. The summed E-state index contributed by atoms with van der Waals surface area (Å²) in [6, 6.07) is 6.31. The number of benzene rings is 1. The van der Waals surface area contributed by atoms with Crippen LogP contribution in [0.1, 0.15) is 30.4 Å². The van der Waals surface area contributed by atoms with Gasteiger partial charge in [0.15, 0.2) is 0 Å². The van der Waals surface area contributed by atoms with Gasteiger partial charge in [0.2, 0.25) is 5.91 Å². The number of rotatable bonds is 4. The molecule has 0 spiro atoms. The lowest BCUT2D eigenvalue weighted by atomic mass is 9.89. The Morgan fingerprint density at radius 3 is 2.91 bits per heavy atom. The summed E-state index contributed by atoms with van der Waals surface area (Å²) < 4.78 is 13.4. The number of piperidine rings is 1. The number of nitrogens with zero attached hydrogens (tertiary/aromatic N) is 3. The topological polar surface area (TPSA) is 67.6 Å². The number of hydrogen-bond donors (Lipinski definition) is 1. The van der Waals surface area contributed by atoms with E-state index < -0.39 is 11.4 Å². The molecule has 1 fully saturated rings. The van der Waals surface area contributed by atoms with Gasteiger partial charge in [-0.1, -0.05) is 6.07 Å². The van der Waals surface area contributed by atoms with Crippen molar-refractivity contribution >= 4 is 5.91 Å². The van der Waals surface area contributed by atoms with Gasteiger partial charge in [-0.15, -0.1) is 0 Å². The first-order valence-electron chi connectivity index (χ1n) is 7.66. The third kappa shape index (κ3) is 4.50. The number of β-amino-alcohol motifs (C(OH)–C–C–N with tert-alkyl or cyclic N) is 1. The van der Waals surface area contributed by atoms with E-state index in [1.807, 2.05) is 11.0 Å². The highest BCUT2D eigenvalue weighted by atomic mass is 19.1. The number of aliphatic hydroxyl groups is 1. The van der Waals surface area contributed by atoms with Crippen LogP contribution in [0.2, 0.25) is 0 Å². The first kappa shape index (κ1) is 17.4. The lowest BCUT2D eigenvalue weighted by Crippen LogP contribution is -2.50. The van der Waals surface area contributed by atoms with Gasteiger partial charge in [0, 0.05) is 27.2 Å². The molecule has 1 aliphatic heterocycles. The van der Waals surface area contributed by atoms with Crippen molar-refractivity contribution in [3.8, 4) is 6.07 Å². The van der Waals surface area contributed by atoms with Crippen LogP contribution in [0.4, 0.5) is 4.39 Å². The van der Waals surface area contributed by atoms with Crippen LogP contribution in [0.15, 0.2) is 18.2 Å². The molecule has 5 nitrogen and oxygen atoms in total. The van der Waals surface area contributed by atoms with Crippen LogP contribution in [0.3, 0.4) is 0 Å². The van der Waals surface area contributed by atoms with Gasteiger partial charge in [0.25, 0.3) is 0 Å².